The molecule has 100 valence electrons. The van der Waals surface area contributed by atoms with Crippen molar-refractivity contribution in [3.63, 3.8) is 0 Å². The molecule has 0 fully saturated rings. The molecule has 1 aliphatic rings. The van der Waals surface area contributed by atoms with E-state index >= 15 is 0 Å². The van der Waals surface area contributed by atoms with Crippen molar-refractivity contribution < 1.29 is 4.74 Å². The average molecular weight is 247 g/mol. The fourth-order valence-corrected chi connectivity index (χ4v) is 2.43. The second-order valence-corrected chi connectivity index (χ2v) is 5.10. The predicted molar refractivity (Wildman–Crippen MR) is 76.4 cm³/mol. The highest BCUT2D eigenvalue weighted by molar-refractivity contribution is 5.39. The molecule has 0 spiro atoms. The Morgan fingerprint density at radius 2 is 2.11 bits per heavy atom. The molecule has 0 atom stereocenters. The number of hydrogen-bond acceptors (Lipinski definition) is 2. The van der Waals surface area contributed by atoms with Crippen LogP contribution < -0.4 is 10.1 Å². The summed E-state index contributed by atoms with van der Waals surface area (Å²) in [6.07, 6.45) is 7.56. The summed E-state index contributed by atoms with van der Waals surface area (Å²) in [5.74, 6) is 1.09. The Kier molecular flexibility index (Phi) is 5.53. The van der Waals surface area contributed by atoms with Gasteiger partial charge in [0.1, 0.15) is 5.75 Å². The summed E-state index contributed by atoms with van der Waals surface area (Å²) in [5.41, 5.74) is 2.82. The van der Waals surface area contributed by atoms with E-state index in [0.717, 1.165) is 38.3 Å². The van der Waals surface area contributed by atoms with Gasteiger partial charge in [0, 0.05) is 6.42 Å². The van der Waals surface area contributed by atoms with Crippen LogP contribution in [0, 0.1) is 0 Å². The van der Waals surface area contributed by atoms with Crippen LogP contribution in [0.1, 0.15) is 43.7 Å². The molecule has 1 heterocycles. The number of hydrogen-bond donors (Lipinski definition) is 1. The van der Waals surface area contributed by atoms with Crippen LogP contribution >= 0.6 is 0 Å². The maximum atomic E-state index is 5.52. The number of unbranched alkanes of at least 4 members (excludes halogenated alkanes) is 3. The van der Waals surface area contributed by atoms with E-state index < -0.39 is 0 Å². The lowest BCUT2D eigenvalue weighted by Gasteiger charge is -2.06. The normalized spacial score (nSPS) is 13.4. The molecule has 18 heavy (non-hydrogen) atoms. The zero-order chi connectivity index (χ0) is 12.6. The first-order chi connectivity index (χ1) is 8.90. The molecule has 0 radical (unpaired) electrons. The van der Waals surface area contributed by atoms with Crippen molar-refractivity contribution >= 4 is 0 Å². The van der Waals surface area contributed by atoms with Crippen LogP contribution in [0.4, 0.5) is 0 Å². The second-order valence-electron chi connectivity index (χ2n) is 5.10. The van der Waals surface area contributed by atoms with Crippen LogP contribution in [-0.4, -0.2) is 19.7 Å². The zero-order valence-corrected chi connectivity index (χ0v) is 11.5. The minimum Gasteiger partial charge on any atom is -0.493 e. The molecular formula is C16H25NO. The Morgan fingerprint density at radius 3 is 3.00 bits per heavy atom. The minimum absolute atomic E-state index is 0.856. The van der Waals surface area contributed by atoms with Gasteiger partial charge in [-0.3, -0.25) is 0 Å². The van der Waals surface area contributed by atoms with Crippen molar-refractivity contribution in [3.05, 3.63) is 29.3 Å². The molecule has 2 rings (SSSR count). The number of benzene rings is 1. The number of fused-ring (bicyclic) bond motifs is 1. The Bertz CT molecular complexity index is 362. The molecule has 0 aromatic heterocycles. The molecule has 1 aromatic carbocycles. The van der Waals surface area contributed by atoms with Crippen LogP contribution in [0.2, 0.25) is 0 Å². The SMILES string of the molecule is CCCCCCNCCc1ccc2c(c1)CCO2. The van der Waals surface area contributed by atoms with E-state index in [0.29, 0.717) is 0 Å². The molecule has 2 nitrogen and oxygen atoms in total. The van der Waals surface area contributed by atoms with Gasteiger partial charge in [-0.05, 0) is 43.1 Å². The van der Waals surface area contributed by atoms with Gasteiger partial charge in [0.05, 0.1) is 6.61 Å². The Morgan fingerprint density at radius 1 is 1.17 bits per heavy atom. The molecule has 0 saturated heterocycles. The standard InChI is InChI=1S/C16H25NO/c1-2-3-4-5-10-17-11-8-14-6-7-16-15(13-14)9-12-18-16/h6-7,13,17H,2-5,8-12H2,1H3. The molecule has 1 aliphatic heterocycles. The van der Waals surface area contributed by atoms with Crippen LogP contribution in [0.5, 0.6) is 5.75 Å². The highest BCUT2D eigenvalue weighted by Crippen LogP contribution is 2.25. The van der Waals surface area contributed by atoms with Gasteiger partial charge in [-0.15, -0.1) is 0 Å². The Hall–Kier alpha value is -1.02. The smallest absolute Gasteiger partial charge is 0.122 e. The van der Waals surface area contributed by atoms with Crippen molar-refractivity contribution in [3.8, 4) is 5.75 Å². The predicted octanol–water partition coefficient (Wildman–Crippen LogP) is 3.33. The summed E-state index contributed by atoms with van der Waals surface area (Å²) < 4.78 is 5.52. The van der Waals surface area contributed by atoms with Crippen molar-refractivity contribution in [1.29, 1.82) is 0 Å². The number of nitrogens with one attached hydrogen (secondary N) is 1. The third-order valence-electron chi connectivity index (χ3n) is 3.55. The molecule has 2 heteroatoms. The minimum atomic E-state index is 0.856. The molecule has 0 amide bonds. The summed E-state index contributed by atoms with van der Waals surface area (Å²) in [4.78, 5) is 0. The van der Waals surface area contributed by atoms with Gasteiger partial charge < -0.3 is 10.1 Å². The number of ether oxygens (including phenoxy) is 1. The Balaban J connectivity index is 1.62. The van der Waals surface area contributed by atoms with Gasteiger partial charge in [0.25, 0.3) is 0 Å². The van der Waals surface area contributed by atoms with Gasteiger partial charge in [-0.25, -0.2) is 0 Å². The highest BCUT2D eigenvalue weighted by atomic mass is 16.5. The zero-order valence-electron chi connectivity index (χ0n) is 11.5. The lowest BCUT2D eigenvalue weighted by Crippen LogP contribution is -2.18. The molecule has 0 saturated carbocycles. The fraction of sp³-hybridized carbons (Fsp3) is 0.625. The first kappa shape index (κ1) is 13.4. The van der Waals surface area contributed by atoms with E-state index in [1.165, 1.54) is 36.8 Å². The van der Waals surface area contributed by atoms with E-state index in [4.69, 9.17) is 4.74 Å². The first-order valence-corrected chi connectivity index (χ1v) is 7.35. The quantitative estimate of drug-likeness (QED) is 0.711. The molecule has 0 bridgehead atoms. The lowest BCUT2D eigenvalue weighted by molar-refractivity contribution is 0.357. The van der Waals surface area contributed by atoms with Crippen molar-refractivity contribution in [2.75, 3.05) is 19.7 Å². The van der Waals surface area contributed by atoms with Crippen molar-refractivity contribution in [2.45, 2.75) is 45.4 Å². The van der Waals surface area contributed by atoms with E-state index in [1.54, 1.807) is 0 Å². The van der Waals surface area contributed by atoms with Crippen LogP contribution in [0.15, 0.2) is 18.2 Å². The summed E-state index contributed by atoms with van der Waals surface area (Å²) >= 11 is 0. The first-order valence-electron chi connectivity index (χ1n) is 7.35. The lowest BCUT2D eigenvalue weighted by atomic mass is 10.1. The van der Waals surface area contributed by atoms with Crippen molar-refractivity contribution in [2.24, 2.45) is 0 Å². The maximum Gasteiger partial charge on any atom is 0.122 e. The summed E-state index contributed by atoms with van der Waals surface area (Å²) in [6.45, 7) is 5.36. The topological polar surface area (TPSA) is 21.3 Å². The molecule has 1 N–H and O–H groups in total. The van der Waals surface area contributed by atoms with E-state index in [9.17, 15) is 0 Å². The van der Waals surface area contributed by atoms with Gasteiger partial charge in [-0.2, -0.15) is 0 Å². The fourth-order valence-electron chi connectivity index (χ4n) is 2.43. The average Bonchev–Trinajstić information content (AvgIpc) is 2.85. The summed E-state index contributed by atoms with van der Waals surface area (Å²) in [7, 11) is 0. The van der Waals surface area contributed by atoms with Gasteiger partial charge in [0.15, 0.2) is 0 Å². The molecule has 0 aliphatic carbocycles. The van der Waals surface area contributed by atoms with Gasteiger partial charge in [-0.1, -0.05) is 38.3 Å². The van der Waals surface area contributed by atoms with Gasteiger partial charge in [0.2, 0.25) is 0 Å². The Labute approximate surface area is 111 Å². The number of rotatable bonds is 8. The maximum absolute atomic E-state index is 5.52. The van der Waals surface area contributed by atoms with E-state index in [2.05, 4.69) is 30.4 Å². The molecular weight excluding hydrogens is 222 g/mol. The van der Waals surface area contributed by atoms with Crippen LogP contribution in [0.3, 0.4) is 0 Å². The largest absolute Gasteiger partial charge is 0.493 e. The van der Waals surface area contributed by atoms with E-state index in [1.807, 2.05) is 0 Å². The van der Waals surface area contributed by atoms with Crippen LogP contribution in [0.25, 0.3) is 0 Å². The summed E-state index contributed by atoms with van der Waals surface area (Å²) in [5, 5.41) is 3.53. The monoisotopic (exact) mass is 247 g/mol. The van der Waals surface area contributed by atoms with Crippen LogP contribution in [-0.2, 0) is 12.8 Å². The molecule has 0 unspecified atom stereocenters. The second kappa shape index (κ2) is 7.42. The third-order valence-corrected chi connectivity index (χ3v) is 3.55. The van der Waals surface area contributed by atoms with E-state index in [-0.39, 0.29) is 0 Å². The highest BCUT2D eigenvalue weighted by Gasteiger charge is 2.11. The third kappa shape index (κ3) is 4.02. The van der Waals surface area contributed by atoms with Crippen molar-refractivity contribution in [1.82, 2.24) is 5.32 Å². The molecule has 1 aromatic rings. The summed E-state index contributed by atoms with van der Waals surface area (Å²) in [6, 6.07) is 6.63. The van der Waals surface area contributed by atoms with Gasteiger partial charge >= 0.3 is 0 Å².